The van der Waals surface area contributed by atoms with E-state index in [0.717, 1.165) is 32.5 Å². The lowest BCUT2D eigenvalue weighted by atomic mass is 10.4. The van der Waals surface area contributed by atoms with Crippen LogP contribution < -0.4 is 11.2 Å². The van der Waals surface area contributed by atoms with Gasteiger partial charge in [0.25, 0.3) is 15.6 Å². The SMILES string of the molecule is C#CCN(CC1CC1)S(=O)(=O)c1cn(C)c(=O)n(C)c1=O. The fraction of sp³-hybridized carbons (Fsp3) is 0.538. The molecule has 1 fully saturated rings. The summed E-state index contributed by atoms with van der Waals surface area (Å²) in [4.78, 5) is 23.3. The molecule has 1 aromatic heterocycles. The average Bonchev–Trinajstić information content (AvgIpc) is 3.24. The molecule has 0 atom stereocenters. The van der Waals surface area contributed by atoms with Crippen molar-refractivity contribution in [3.05, 3.63) is 27.0 Å². The zero-order valence-corrected chi connectivity index (χ0v) is 12.8. The lowest BCUT2D eigenvalue weighted by Gasteiger charge is -2.19. The molecule has 0 aromatic carbocycles. The van der Waals surface area contributed by atoms with Crippen molar-refractivity contribution < 1.29 is 8.42 Å². The van der Waals surface area contributed by atoms with Crippen LogP contribution in [0.4, 0.5) is 0 Å². The minimum absolute atomic E-state index is 0.0924. The number of rotatable bonds is 5. The highest BCUT2D eigenvalue weighted by atomic mass is 32.2. The van der Waals surface area contributed by atoms with Gasteiger partial charge in [-0.05, 0) is 18.8 Å². The van der Waals surface area contributed by atoms with Gasteiger partial charge in [0.1, 0.15) is 0 Å². The fourth-order valence-electron chi connectivity index (χ4n) is 2.03. The van der Waals surface area contributed by atoms with E-state index in [2.05, 4.69) is 5.92 Å². The van der Waals surface area contributed by atoms with E-state index in [1.165, 1.54) is 14.1 Å². The van der Waals surface area contributed by atoms with Gasteiger partial charge in [0.15, 0.2) is 4.90 Å². The van der Waals surface area contributed by atoms with Crippen molar-refractivity contribution in [3.8, 4) is 12.3 Å². The summed E-state index contributed by atoms with van der Waals surface area (Å²) in [6.45, 7) is 0.212. The molecule has 0 saturated heterocycles. The van der Waals surface area contributed by atoms with Crippen LogP contribution in [0.15, 0.2) is 20.7 Å². The van der Waals surface area contributed by atoms with Crippen molar-refractivity contribution in [2.45, 2.75) is 17.7 Å². The molecule has 1 aliphatic carbocycles. The molecule has 21 heavy (non-hydrogen) atoms. The van der Waals surface area contributed by atoms with Gasteiger partial charge in [-0.2, -0.15) is 4.31 Å². The first-order chi connectivity index (χ1) is 9.78. The smallest absolute Gasteiger partial charge is 0.302 e. The Morgan fingerprint density at radius 3 is 2.52 bits per heavy atom. The molecular weight excluding hydrogens is 294 g/mol. The maximum Gasteiger partial charge on any atom is 0.330 e. The van der Waals surface area contributed by atoms with E-state index in [4.69, 9.17) is 6.42 Å². The van der Waals surface area contributed by atoms with Crippen molar-refractivity contribution in [1.29, 1.82) is 0 Å². The molecule has 8 heteroatoms. The van der Waals surface area contributed by atoms with E-state index in [0.29, 0.717) is 12.5 Å². The molecule has 0 unspecified atom stereocenters. The van der Waals surface area contributed by atoms with E-state index in [1.54, 1.807) is 0 Å². The van der Waals surface area contributed by atoms with Gasteiger partial charge in [0.2, 0.25) is 0 Å². The van der Waals surface area contributed by atoms with Gasteiger partial charge in [0.05, 0.1) is 6.54 Å². The Labute approximate surface area is 122 Å². The molecule has 0 amide bonds. The van der Waals surface area contributed by atoms with E-state index in [9.17, 15) is 18.0 Å². The molecule has 0 radical (unpaired) electrons. The molecule has 0 bridgehead atoms. The molecular formula is C13H17N3O4S. The molecule has 114 valence electrons. The molecule has 1 aromatic rings. The van der Waals surface area contributed by atoms with Gasteiger partial charge in [-0.3, -0.25) is 9.36 Å². The minimum Gasteiger partial charge on any atom is -0.302 e. The average molecular weight is 311 g/mol. The standard InChI is InChI=1S/C13H17N3O4S/c1-4-7-16(8-10-5-6-10)21(19,20)11-9-14(2)13(18)15(3)12(11)17/h1,9-10H,5-8H2,2-3H3. The summed E-state index contributed by atoms with van der Waals surface area (Å²) < 4.78 is 28.2. The number of aryl methyl sites for hydroxylation is 1. The van der Waals surface area contributed by atoms with Crippen molar-refractivity contribution >= 4 is 10.0 Å². The van der Waals surface area contributed by atoms with Crippen molar-refractivity contribution in [1.82, 2.24) is 13.4 Å². The Bertz CT molecular complexity index is 809. The van der Waals surface area contributed by atoms with Crippen LogP contribution >= 0.6 is 0 Å². The third-order valence-electron chi connectivity index (χ3n) is 3.46. The molecule has 0 spiro atoms. The number of nitrogens with zero attached hydrogens (tertiary/aromatic N) is 3. The summed E-state index contributed by atoms with van der Waals surface area (Å²) in [7, 11) is -1.37. The largest absolute Gasteiger partial charge is 0.330 e. The van der Waals surface area contributed by atoms with Gasteiger partial charge in [-0.25, -0.2) is 13.2 Å². The molecule has 1 heterocycles. The van der Waals surface area contributed by atoms with Gasteiger partial charge in [-0.1, -0.05) is 5.92 Å². The molecule has 1 aliphatic rings. The molecule has 0 N–H and O–H groups in total. The number of terminal acetylenes is 1. The van der Waals surface area contributed by atoms with Crippen LogP contribution in [0.2, 0.25) is 0 Å². The monoisotopic (exact) mass is 311 g/mol. The first kappa shape index (κ1) is 15.5. The Kier molecular flexibility index (Phi) is 4.07. The van der Waals surface area contributed by atoms with Crippen LogP contribution in [0.3, 0.4) is 0 Å². The highest BCUT2D eigenvalue weighted by molar-refractivity contribution is 7.89. The van der Waals surface area contributed by atoms with E-state index in [1.807, 2.05) is 0 Å². The van der Waals surface area contributed by atoms with Gasteiger partial charge in [0, 0.05) is 26.8 Å². The predicted octanol–water partition coefficient (Wildman–Crippen LogP) is -0.882. The van der Waals surface area contributed by atoms with Crippen LogP contribution in [-0.2, 0) is 24.1 Å². The summed E-state index contributed by atoms with van der Waals surface area (Å²) in [5, 5.41) is 0. The van der Waals surface area contributed by atoms with Crippen LogP contribution in [-0.4, -0.2) is 34.9 Å². The van der Waals surface area contributed by atoms with Gasteiger partial charge >= 0.3 is 5.69 Å². The number of hydrogen-bond acceptors (Lipinski definition) is 4. The second-order valence-electron chi connectivity index (χ2n) is 5.20. The molecule has 0 aliphatic heterocycles. The third-order valence-corrected chi connectivity index (χ3v) is 5.25. The Balaban J connectivity index is 2.54. The highest BCUT2D eigenvalue weighted by Crippen LogP contribution is 2.31. The van der Waals surface area contributed by atoms with Crippen molar-refractivity contribution in [2.24, 2.45) is 20.0 Å². The zero-order valence-electron chi connectivity index (χ0n) is 11.9. The lowest BCUT2D eigenvalue weighted by molar-refractivity contribution is 0.427. The van der Waals surface area contributed by atoms with Crippen LogP contribution in [0.1, 0.15) is 12.8 Å². The first-order valence-electron chi connectivity index (χ1n) is 6.49. The van der Waals surface area contributed by atoms with Gasteiger partial charge in [-0.15, -0.1) is 6.42 Å². The Morgan fingerprint density at radius 2 is 2.00 bits per heavy atom. The normalized spacial score (nSPS) is 15.1. The van der Waals surface area contributed by atoms with Crippen LogP contribution in [0.25, 0.3) is 0 Å². The summed E-state index contributed by atoms with van der Waals surface area (Å²) in [5.41, 5.74) is -1.42. The number of aromatic nitrogens is 2. The molecule has 1 saturated carbocycles. The van der Waals surface area contributed by atoms with Crippen LogP contribution in [0.5, 0.6) is 0 Å². The second-order valence-corrected chi connectivity index (χ2v) is 7.10. The minimum atomic E-state index is -4.01. The van der Waals surface area contributed by atoms with E-state index < -0.39 is 26.2 Å². The lowest BCUT2D eigenvalue weighted by Crippen LogP contribution is -2.43. The van der Waals surface area contributed by atoms with Crippen molar-refractivity contribution in [2.75, 3.05) is 13.1 Å². The number of hydrogen-bond donors (Lipinski definition) is 0. The van der Waals surface area contributed by atoms with Gasteiger partial charge < -0.3 is 4.57 Å². The molecule has 7 nitrogen and oxygen atoms in total. The predicted molar refractivity (Wildman–Crippen MR) is 77.2 cm³/mol. The Hall–Kier alpha value is -1.85. The van der Waals surface area contributed by atoms with Crippen LogP contribution in [0, 0.1) is 18.3 Å². The van der Waals surface area contributed by atoms with E-state index in [-0.39, 0.29) is 6.54 Å². The zero-order chi connectivity index (χ0) is 15.8. The second kappa shape index (κ2) is 5.50. The summed E-state index contributed by atoms with van der Waals surface area (Å²) in [6.07, 6.45) is 8.20. The number of sulfonamides is 1. The topological polar surface area (TPSA) is 81.4 Å². The quantitative estimate of drug-likeness (QED) is 0.661. The first-order valence-corrected chi connectivity index (χ1v) is 7.93. The maximum absolute atomic E-state index is 12.6. The van der Waals surface area contributed by atoms with Crippen molar-refractivity contribution in [3.63, 3.8) is 0 Å². The van der Waals surface area contributed by atoms with E-state index >= 15 is 0 Å². The Morgan fingerprint density at radius 1 is 1.38 bits per heavy atom. The summed E-state index contributed by atoms with van der Waals surface area (Å²) in [5.74, 6) is 2.60. The highest BCUT2D eigenvalue weighted by Gasteiger charge is 2.33. The molecule has 2 rings (SSSR count). The maximum atomic E-state index is 12.6. The summed E-state index contributed by atoms with van der Waals surface area (Å²) >= 11 is 0. The fourth-order valence-corrected chi connectivity index (χ4v) is 3.61. The third kappa shape index (κ3) is 2.94. The summed E-state index contributed by atoms with van der Waals surface area (Å²) in [6, 6.07) is 0.